The third kappa shape index (κ3) is 4.45. The minimum absolute atomic E-state index is 0.104. The average Bonchev–Trinajstić information content (AvgIpc) is 3.19. The molecule has 210 valence electrons. The van der Waals surface area contributed by atoms with Gasteiger partial charge in [-0.25, -0.2) is 0 Å². The Bertz CT molecular complexity index is 1170. The lowest BCUT2D eigenvalue weighted by atomic mass is 9.74. The number of hydrogen-bond acceptors (Lipinski definition) is 6. The quantitative estimate of drug-likeness (QED) is 0.486. The molecule has 1 N–H and O–H groups in total. The molecular formula is C30H39N3O6. The third-order valence-corrected chi connectivity index (χ3v) is 8.44. The number of hydrogen-bond donors (Lipinski definition) is 1. The van der Waals surface area contributed by atoms with Crippen LogP contribution in [0.5, 0.6) is 5.75 Å². The van der Waals surface area contributed by atoms with E-state index in [1.807, 2.05) is 62.4 Å². The second-order valence-corrected chi connectivity index (χ2v) is 10.9. The van der Waals surface area contributed by atoms with Gasteiger partial charge in [0.2, 0.25) is 17.7 Å². The first-order chi connectivity index (χ1) is 18.8. The van der Waals surface area contributed by atoms with Gasteiger partial charge in [0, 0.05) is 38.5 Å². The topological polar surface area (TPSA) is 99.6 Å². The minimum atomic E-state index is -1.27. The van der Waals surface area contributed by atoms with Crippen LogP contribution in [0.15, 0.2) is 48.6 Å². The van der Waals surface area contributed by atoms with Gasteiger partial charge < -0.3 is 29.3 Å². The SMILES string of the molecule is CCCCN1CC=C[C@]23O[C@]4(C)C=CCN(c5ccc(OCC)cc5)C(=O)[C@@H]4[C@H]2C(=O)N(CCCO)C3C1=O. The molecule has 4 heterocycles. The van der Waals surface area contributed by atoms with Crippen molar-refractivity contribution < 1.29 is 29.0 Å². The van der Waals surface area contributed by atoms with E-state index in [0.29, 0.717) is 38.3 Å². The van der Waals surface area contributed by atoms with Crippen LogP contribution in [0.2, 0.25) is 0 Å². The molecule has 9 heteroatoms. The first-order valence-electron chi connectivity index (χ1n) is 14.1. The molecule has 1 aromatic carbocycles. The second kappa shape index (κ2) is 10.8. The molecule has 0 aliphatic carbocycles. The fourth-order valence-corrected chi connectivity index (χ4v) is 6.72. The summed E-state index contributed by atoms with van der Waals surface area (Å²) < 4.78 is 12.4. The summed E-state index contributed by atoms with van der Waals surface area (Å²) in [5.74, 6) is -1.61. The average molecular weight is 538 g/mol. The maximum absolute atomic E-state index is 14.3. The molecule has 5 atom stereocenters. The first-order valence-corrected chi connectivity index (χ1v) is 14.1. The van der Waals surface area contributed by atoms with Crippen LogP contribution in [0.25, 0.3) is 0 Å². The van der Waals surface area contributed by atoms with Crippen LogP contribution in [0.3, 0.4) is 0 Å². The van der Waals surface area contributed by atoms with Gasteiger partial charge in [0.1, 0.15) is 17.4 Å². The number of likely N-dealkylation sites (tertiary alicyclic amines) is 1. The zero-order valence-corrected chi connectivity index (χ0v) is 23.0. The van der Waals surface area contributed by atoms with Gasteiger partial charge in [0.15, 0.2) is 0 Å². The van der Waals surface area contributed by atoms with Crippen molar-refractivity contribution in [2.45, 2.75) is 57.3 Å². The number of benzene rings is 1. The van der Waals surface area contributed by atoms with Crippen molar-refractivity contribution in [2.75, 3.05) is 44.3 Å². The molecule has 0 radical (unpaired) electrons. The number of unbranched alkanes of at least 4 members (excludes halogenated alkanes) is 1. The van der Waals surface area contributed by atoms with E-state index < -0.39 is 29.1 Å². The normalized spacial score (nSPS) is 31.7. The number of fused-ring (bicyclic) bond motifs is 2. The number of nitrogens with zero attached hydrogens (tertiary/aromatic N) is 3. The molecule has 0 aromatic heterocycles. The minimum Gasteiger partial charge on any atom is -0.494 e. The van der Waals surface area contributed by atoms with Crippen LogP contribution in [0.4, 0.5) is 5.69 Å². The summed E-state index contributed by atoms with van der Waals surface area (Å²) in [4.78, 5) is 47.6. The van der Waals surface area contributed by atoms with E-state index >= 15 is 0 Å². The first kappa shape index (κ1) is 27.4. The van der Waals surface area contributed by atoms with Crippen molar-refractivity contribution in [3.63, 3.8) is 0 Å². The molecule has 2 saturated heterocycles. The number of carbonyl (C=O) groups excluding carboxylic acids is 3. The lowest BCUT2D eigenvalue weighted by molar-refractivity contribution is -0.151. The van der Waals surface area contributed by atoms with E-state index in [1.165, 1.54) is 0 Å². The number of aliphatic hydroxyl groups is 1. The molecule has 9 nitrogen and oxygen atoms in total. The van der Waals surface area contributed by atoms with Crippen molar-refractivity contribution in [1.29, 1.82) is 0 Å². The second-order valence-electron chi connectivity index (χ2n) is 10.9. The van der Waals surface area contributed by atoms with E-state index in [9.17, 15) is 19.5 Å². The van der Waals surface area contributed by atoms with Crippen LogP contribution in [0.1, 0.15) is 40.0 Å². The zero-order chi connectivity index (χ0) is 27.8. The Morgan fingerprint density at radius 1 is 0.949 bits per heavy atom. The van der Waals surface area contributed by atoms with Gasteiger partial charge in [-0.2, -0.15) is 0 Å². The zero-order valence-electron chi connectivity index (χ0n) is 23.0. The number of anilines is 1. The van der Waals surface area contributed by atoms with E-state index in [0.717, 1.165) is 18.6 Å². The monoisotopic (exact) mass is 537 g/mol. The standard InChI is InChI=1S/C30H39N3O6/c1-4-6-16-31-17-8-15-30-24(27(36)33(19-9-20-34)25(30)28(31)37)23-26(35)32(18-7-14-29(23,3)39-30)21-10-12-22(13-11-21)38-5-2/h7-8,10-15,23-25,34H,4-6,9,16-20H2,1-3H3/t23-,24-,25?,29+,30-/m0/s1. The van der Waals surface area contributed by atoms with Crippen molar-refractivity contribution in [1.82, 2.24) is 9.80 Å². The van der Waals surface area contributed by atoms with E-state index in [4.69, 9.17) is 9.47 Å². The number of amides is 3. The Morgan fingerprint density at radius 2 is 1.69 bits per heavy atom. The van der Waals surface area contributed by atoms with E-state index in [2.05, 4.69) is 6.92 Å². The van der Waals surface area contributed by atoms with Gasteiger partial charge >= 0.3 is 0 Å². The van der Waals surface area contributed by atoms with Gasteiger partial charge in [-0.15, -0.1) is 0 Å². The Labute approximate surface area is 230 Å². The summed E-state index contributed by atoms with van der Waals surface area (Å²) in [5.41, 5.74) is -1.64. The van der Waals surface area contributed by atoms with Crippen LogP contribution < -0.4 is 9.64 Å². The van der Waals surface area contributed by atoms with Gasteiger partial charge in [-0.05, 0) is 51.0 Å². The molecule has 1 spiro atoms. The molecular weight excluding hydrogens is 498 g/mol. The molecule has 0 saturated carbocycles. The Balaban J connectivity index is 1.56. The van der Waals surface area contributed by atoms with Crippen LogP contribution >= 0.6 is 0 Å². The highest BCUT2D eigenvalue weighted by Gasteiger charge is 2.74. The summed E-state index contributed by atoms with van der Waals surface area (Å²) in [5, 5.41) is 9.56. The summed E-state index contributed by atoms with van der Waals surface area (Å²) in [7, 11) is 0. The number of carbonyl (C=O) groups is 3. The highest BCUT2D eigenvalue weighted by atomic mass is 16.5. The lowest BCUT2D eigenvalue weighted by Gasteiger charge is -2.37. The fraction of sp³-hybridized carbons (Fsp3) is 0.567. The molecule has 5 rings (SSSR count). The lowest BCUT2D eigenvalue weighted by Crippen LogP contribution is -2.56. The maximum Gasteiger partial charge on any atom is 0.249 e. The van der Waals surface area contributed by atoms with Gasteiger partial charge in [0.05, 0.1) is 24.0 Å². The van der Waals surface area contributed by atoms with Crippen LogP contribution in [-0.2, 0) is 19.1 Å². The number of ether oxygens (including phenoxy) is 2. The largest absolute Gasteiger partial charge is 0.494 e. The van der Waals surface area contributed by atoms with Crippen molar-refractivity contribution in [3.05, 3.63) is 48.6 Å². The number of aliphatic hydroxyl groups excluding tert-OH is 1. The summed E-state index contributed by atoms with van der Waals surface area (Å²) in [6.45, 7) is 7.86. The van der Waals surface area contributed by atoms with Crippen LogP contribution in [0, 0.1) is 11.8 Å². The van der Waals surface area contributed by atoms with Crippen LogP contribution in [-0.4, -0.2) is 89.3 Å². The molecule has 1 aromatic rings. The molecule has 2 fully saturated rings. The predicted molar refractivity (Wildman–Crippen MR) is 146 cm³/mol. The number of rotatable bonds is 9. The summed E-state index contributed by atoms with van der Waals surface area (Å²) in [6, 6.07) is 6.47. The Hall–Kier alpha value is -3.17. The van der Waals surface area contributed by atoms with E-state index in [-0.39, 0.29) is 30.9 Å². The summed E-state index contributed by atoms with van der Waals surface area (Å²) >= 11 is 0. The highest BCUT2D eigenvalue weighted by molar-refractivity contribution is 6.04. The smallest absolute Gasteiger partial charge is 0.249 e. The third-order valence-electron chi connectivity index (χ3n) is 8.44. The molecule has 1 unspecified atom stereocenters. The Morgan fingerprint density at radius 3 is 2.38 bits per heavy atom. The molecule has 39 heavy (non-hydrogen) atoms. The molecule has 3 amide bonds. The molecule has 0 bridgehead atoms. The van der Waals surface area contributed by atoms with Crippen molar-refractivity contribution in [2.24, 2.45) is 11.8 Å². The van der Waals surface area contributed by atoms with E-state index in [1.54, 1.807) is 14.7 Å². The fourth-order valence-electron chi connectivity index (χ4n) is 6.72. The van der Waals surface area contributed by atoms with Crippen molar-refractivity contribution in [3.8, 4) is 5.75 Å². The molecule has 4 aliphatic rings. The van der Waals surface area contributed by atoms with Gasteiger partial charge in [-0.1, -0.05) is 37.6 Å². The van der Waals surface area contributed by atoms with Gasteiger partial charge in [0.25, 0.3) is 0 Å². The summed E-state index contributed by atoms with van der Waals surface area (Å²) in [6.07, 6.45) is 9.71. The maximum atomic E-state index is 14.3. The van der Waals surface area contributed by atoms with Gasteiger partial charge in [-0.3, -0.25) is 14.4 Å². The Kier molecular flexibility index (Phi) is 7.57. The highest BCUT2D eigenvalue weighted by Crippen LogP contribution is 2.57. The predicted octanol–water partition coefficient (Wildman–Crippen LogP) is 2.54. The van der Waals surface area contributed by atoms with Crippen molar-refractivity contribution >= 4 is 23.4 Å². The molecule has 4 aliphatic heterocycles.